The molecule has 0 saturated heterocycles. The molecule has 0 aliphatic carbocycles. The minimum absolute atomic E-state index is 0.497. The zero-order valence-corrected chi connectivity index (χ0v) is 12.0. The van der Waals surface area contributed by atoms with Crippen LogP contribution in [0, 0.1) is 13.8 Å². The molecule has 2 aromatic heterocycles. The minimum atomic E-state index is 0.497. The Labute approximate surface area is 115 Å². The van der Waals surface area contributed by atoms with Crippen LogP contribution in [0.4, 0.5) is 0 Å². The van der Waals surface area contributed by atoms with Crippen molar-refractivity contribution in [1.29, 1.82) is 0 Å². The van der Waals surface area contributed by atoms with Gasteiger partial charge in [0, 0.05) is 24.4 Å². The smallest absolute Gasteiger partial charge is 0.193 e. The first-order valence-corrected chi connectivity index (χ1v) is 6.79. The second-order valence-corrected chi connectivity index (χ2v) is 5.17. The van der Waals surface area contributed by atoms with Gasteiger partial charge in [-0.25, -0.2) is 19.9 Å². The molecule has 0 amide bonds. The number of aryl methyl sites for hydroxylation is 2. The van der Waals surface area contributed by atoms with E-state index in [0.29, 0.717) is 10.3 Å². The Morgan fingerprint density at radius 2 is 1.83 bits per heavy atom. The van der Waals surface area contributed by atoms with Crippen molar-refractivity contribution in [2.75, 3.05) is 0 Å². The summed E-state index contributed by atoms with van der Waals surface area (Å²) in [5.74, 6) is 0.736. The molecule has 0 unspecified atom stereocenters. The predicted octanol–water partition coefficient (Wildman–Crippen LogP) is 3.25. The molecule has 0 bridgehead atoms. The van der Waals surface area contributed by atoms with Gasteiger partial charge < -0.3 is 0 Å². The number of nitrogens with zero attached hydrogens (tertiary/aromatic N) is 4. The topological polar surface area (TPSA) is 51.6 Å². The summed E-state index contributed by atoms with van der Waals surface area (Å²) in [6.45, 7) is 5.85. The molecule has 6 heteroatoms. The maximum atomic E-state index is 6.08. The van der Waals surface area contributed by atoms with E-state index in [1.165, 1.54) is 11.8 Å². The van der Waals surface area contributed by atoms with Crippen LogP contribution in [0.25, 0.3) is 0 Å². The molecule has 0 atom stereocenters. The molecule has 18 heavy (non-hydrogen) atoms. The summed E-state index contributed by atoms with van der Waals surface area (Å²) in [7, 11) is 0. The fourth-order valence-electron chi connectivity index (χ4n) is 1.29. The number of rotatable bonds is 3. The van der Waals surface area contributed by atoms with Crippen LogP contribution in [-0.2, 0) is 6.42 Å². The molecular formula is C12H13ClN4S. The number of hydrogen-bond donors (Lipinski definition) is 0. The van der Waals surface area contributed by atoms with Crippen LogP contribution in [0.1, 0.15) is 23.9 Å². The van der Waals surface area contributed by atoms with Gasteiger partial charge in [-0.05, 0) is 31.2 Å². The first kappa shape index (κ1) is 13.2. The van der Waals surface area contributed by atoms with E-state index < -0.39 is 0 Å². The highest BCUT2D eigenvalue weighted by Crippen LogP contribution is 2.28. The van der Waals surface area contributed by atoms with Gasteiger partial charge in [-0.1, -0.05) is 18.5 Å². The quantitative estimate of drug-likeness (QED) is 0.638. The third kappa shape index (κ3) is 2.97. The number of halogens is 1. The second kappa shape index (κ2) is 5.63. The van der Waals surface area contributed by atoms with Gasteiger partial charge in [0.2, 0.25) is 0 Å². The average molecular weight is 281 g/mol. The summed E-state index contributed by atoms with van der Waals surface area (Å²) < 4.78 is 0. The highest BCUT2D eigenvalue weighted by atomic mass is 35.5. The zero-order chi connectivity index (χ0) is 13.1. The molecular weight excluding hydrogens is 268 g/mol. The highest BCUT2D eigenvalue weighted by molar-refractivity contribution is 7.99. The SMILES string of the molecule is CCc1nc(Cl)c(C)c(Sc2ncc(C)cn2)n1. The Hall–Kier alpha value is -1.20. The molecule has 0 aliphatic heterocycles. The standard InChI is InChI=1S/C12H13ClN4S/c1-4-9-16-10(13)8(3)11(17-9)18-12-14-5-7(2)6-15-12/h5-6H,4H2,1-3H3. The van der Waals surface area contributed by atoms with Crippen LogP contribution in [0.3, 0.4) is 0 Å². The first-order chi connectivity index (χ1) is 8.60. The molecule has 94 valence electrons. The van der Waals surface area contributed by atoms with E-state index in [1.807, 2.05) is 20.8 Å². The van der Waals surface area contributed by atoms with Gasteiger partial charge in [0.1, 0.15) is 16.0 Å². The zero-order valence-electron chi connectivity index (χ0n) is 10.4. The summed E-state index contributed by atoms with van der Waals surface area (Å²) in [5.41, 5.74) is 1.90. The summed E-state index contributed by atoms with van der Waals surface area (Å²) >= 11 is 7.49. The van der Waals surface area contributed by atoms with E-state index >= 15 is 0 Å². The Morgan fingerprint density at radius 1 is 1.17 bits per heavy atom. The summed E-state index contributed by atoms with van der Waals surface area (Å²) in [6, 6.07) is 0. The fraction of sp³-hybridized carbons (Fsp3) is 0.333. The predicted molar refractivity (Wildman–Crippen MR) is 72.0 cm³/mol. The molecule has 2 rings (SSSR count). The van der Waals surface area contributed by atoms with Crippen LogP contribution in [0.2, 0.25) is 5.15 Å². The van der Waals surface area contributed by atoms with Gasteiger partial charge >= 0.3 is 0 Å². The monoisotopic (exact) mass is 280 g/mol. The Bertz CT molecular complexity index is 557. The molecule has 0 fully saturated rings. The third-order valence-electron chi connectivity index (χ3n) is 2.35. The van der Waals surface area contributed by atoms with Gasteiger partial charge in [0.05, 0.1) is 0 Å². The Kier molecular flexibility index (Phi) is 4.14. The van der Waals surface area contributed by atoms with E-state index in [4.69, 9.17) is 11.6 Å². The van der Waals surface area contributed by atoms with Crippen molar-refractivity contribution in [1.82, 2.24) is 19.9 Å². The van der Waals surface area contributed by atoms with Crippen molar-refractivity contribution < 1.29 is 0 Å². The van der Waals surface area contributed by atoms with E-state index in [-0.39, 0.29) is 0 Å². The van der Waals surface area contributed by atoms with E-state index in [1.54, 1.807) is 12.4 Å². The van der Waals surface area contributed by atoms with Crippen LogP contribution >= 0.6 is 23.4 Å². The molecule has 0 N–H and O–H groups in total. The highest BCUT2D eigenvalue weighted by Gasteiger charge is 2.11. The number of hydrogen-bond acceptors (Lipinski definition) is 5. The molecule has 0 aromatic carbocycles. The minimum Gasteiger partial charge on any atom is -0.231 e. The van der Waals surface area contributed by atoms with Crippen LogP contribution in [-0.4, -0.2) is 19.9 Å². The molecule has 0 saturated carbocycles. The molecule has 2 heterocycles. The Morgan fingerprint density at radius 3 is 2.44 bits per heavy atom. The van der Waals surface area contributed by atoms with Crippen LogP contribution in [0.15, 0.2) is 22.6 Å². The maximum Gasteiger partial charge on any atom is 0.193 e. The summed E-state index contributed by atoms with van der Waals surface area (Å²) in [5, 5.41) is 1.98. The third-order valence-corrected chi connectivity index (χ3v) is 3.70. The largest absolute Gasteiger partial charge is 0.231 e. The first-order valence-electron chi connectivity index (χ1n) is 5.59. The average Bonchev–Trinajstić information content (AvgIpc) is 2.37. The normalized spacial score (nSPS) is 10.7. The lowest BCUT2D eigenvalue weighted by Gasteiger charge is -2.07. The van der Waals surface area contributed by atoms with Crippen molar-refractivity contribution >= 4 is 23.4 Å². The lowest BCUT2D eigenvalue weighted by atomic mass is 10.3. The van der Waals surface area contributed by atoms with Crippen molar-refractivity contribution in [3.05, 3.63) is 34.5 Å². The van der Waals surface area contributed by atoms with Crippen molar-refractivity contribution in [2.45, 2.75) is 37.4 Å². The molecule has 0 aliphatic rings. The molecule has 0 radical (unpaired) electrons. The van der Waals surface area contributed by atoms with E-state index in [9.17, 15) is 0 Å². The van der Waals surface area contributed by atoms with Gasteiger partial charge in [-0.15, -0.1) is 0 Å². The number of aromatic nitrogens is 4. The molecule has 0 spiro atoms. The maximum absolute atomic E-state index is 6.08. The van der Waals surface area contributed by atoms with Crippen molar-refractivity contribution in [3.8, 4) is 0 Å². The lowest BCUT2D eigenvalue weighted by Crippen LogP contribution is -1.99. The van der Waals surface area contributed by atoms with Crippen LogP contribution in [0.5, 0.6) is 0 Å². The van der Waals surface area contributed by atoms with Gasteiger partial charge in [-0.2, -0.15) is 0 Å². The van der Waals surface area contributed by atoms with Crippen molar-refractivity contribution in [2.24, 2.45) is 0 Å². The van der Waals surface area contributed by atoms with Gasteiger partial charge in [0.15, 0.2) is 5.16 Å². The second-order valence-electron chi connectivity index (χ2n) is 3.86. The van der Waals surface area contributed by atoms with Gasteiger partial charge in [-0.3, -0.25) is 0 Å². The summed E-state index contributed by atoms with van der Waals surface area (Å²) in [4.78, 5) is 17.2. The van der Waals surface area contributed by atoms with Crippen LogP contribution < -0.4 is 0 Å². The lowest BCUT2D eigenvalue weighted by molar-refractivity contribution is 0.865. The molecule has 2 aromatic rings. The van der Waals surface area contributed by atoms with Crippen molar-refractivity contribution in [3.63, 3.8) is 0 Å². The van der Waals surface area contributed by atoms with E-state index in [2.05, 4.69) is 19.9 Å². The summed E-state index contributed by atoms with van der Waals surface area (Å²) in [6.07, 6.45) is 4.32. The van der Waals surface area contributed by atoms with E-state index in [0.717, 1.165) is 28.4 Å². The fourth-order valence-corrected chi connectivity index (χ4v) is 2.32. The van der Waals surface area contributed by atoms with Gasteiger partial charge in [0.25, 0.3) is 0 Å². The Balaban J connectivity index is 2.33. The molecule has 4 nitrogen and oxygen atoms in total.